The highest BCUT2D eigenvalue weighted by atomic mass is 19.3. The van der Waals surface area contributed by atoms with E-state index in [0.29, 0.717) is 5.56 Å². The molecule has 0 radical (unpaired) electrons. The zero-order valence-corrected chi connectivity index (χ0v) is 19.8. The molecule has 0 saturated carbocycles. The van der Waals surface area contributed by atoms with Gasteiger partial charge in [0, 0.05) is 55.2 Å². The van der Waals surface area contributed by atoms with Crippen molar-refractivity contribution in [3.05, 3.63) is 83.8 Å². The number of likely N-dealkylation sites (tertiary alicyclic amines) is 1. The van der Waals surface area contributed by atoms with Gasteiger partial charge < -0.3 is 9.47 Å². The predicted octanol–water partition coefficient (Wildman–Crippen LogP) is 7.09. The normalized spacial score (nSPS) is 15.5. The first-order chi connectivity index (χ1) is 16.8. The molecule has 1 amide bonds. The molecule has 1 fully saturated rings. The van der Waals surface area contributed by atoms with Gasteiger partial charge in [0.15, 0.2) is 0 Å². The number of alkyl halides is 2. The molecule has 1 aliphatic rings. The van der Waals surface area contributed by atoms with E-state index < -0.39 is 5.92 Å². The van der Waals surface area contributed by atoms with Gasteiger partial charge in [-0.15, -0.1) is 0 Å². The standard InChI is InChI=1S/C29H27F3N2O/c1-3-25-17-23-16-22(18-26(27(23)33(25)2)20-8-10-24(30)11-9-20)19-4-6-21(7-5-19)28(35)34-14-12-29(31,32)13-15-34/h4-11,16-18H,3,12-15H2,1-2H3. The second-order valence-electron chi connectivity index (χ2n) is 9.24. The summed E-state index contributed by atoms with van der Waals surface area (Å²) in [7, 11) is 2.05. The Labute approximate surface area is 202 Å². The molecule has 1 saturated heterocycles. The van der Waals surface area contributed by atoms with Crippen LogP contribution in [0.2, 0.25) is 0 Å². The SMILES string of the molecule is CCc1cc2cc(-c3ccc(C(=O)N4CCC(F)(F)CC4)cc3)cc(-c3ccc(F)cc3)c2n1C. The number of piperidine rings is 1. The lowest BCUT2D eigenvalue weighted by Gasteiger charge is -2.31. The van der Waals surface area contributed by atoms with Crippen LogP contribution in [-0.2, 0) is 13.5 Å². The van der Waals surface area contributed by atoms with Crippen molar-refractivity contribution >= 4 is 16.8 Å². The first kappa shape index (κ1) is 23.2. The van der Waals surface area contributed by atoms with Crippen molar-refractivity contribution in [2.24, 2.45) is 7.05 Å². The molecule has 2 heterocycles. The smallest absolute Gasteiger partial charge is 0.253 e. The van der Waals surface area contributed by atoms with Crippen LogP contribution in [0.1, 0.15) is 35.8 Å². The fourth-order valence-corrected chi connectivity index (χ4v) is 4.94. The van der Waals surface area contributed by atoms with E-state index in [1.165, 1.54) is 22.7 Å². The van der Waals surface area contributed by atoms with E-state index in [0.717, 1.165) is 39.6 Å². The maximum atomic E-state index is 13.6. The van der Waals surface area contributed by atoms with Crippen molar-refractivity contribution in [1.82, 2.24) is 9.47 Å². The molecule has 4 aromatic rings. The lowest BCUT2D eigenvalue weighted by molar-refractivity contribution is -0.0494. The number of benzene rings is 3. The molecule has 35 heavy (non-hydrogen) atoms. The number of aryl methyl sites for hydroxylation is 2. The summed E-state index contributed by atoms with van der Waals surface area (Å²) in [5, 5.41) is 1.09. The predicted molar refractivity (Wildman–Crippen MR) is 133 cm³/mol. The molecule has 0 bridgehead atoms. The van der Waals surface area contributed by atoms with E-state index in [-0.39, 0.29) is 37.7 Å². The first-order valence-electron chi connectivity index (χ1n) is 11.9. The summed E-state index contributed by atoms with van der Waals surface area (Å²) >= 11 is 0. The topological polar surface area (TPSA) is 25.2 Å². The van der Waals surface area contributed by atoms with Gasteiger partial charge in [-0.25, -0.2) is 13.2 Å². The molecular formula is C29H27F3N2O. The van der Waals surface area contributed by atoms with Crippen molar-refractivity contribution in [2.45, 2.75) is 32.1 Å². The third-order valence-electron chi connectivity index (χ3n) is 6.99. The van der Waals surface area contributed by atoms with E-state index in [1.807, 2.05) is 19.2 Å². The molecule has 0 N–H and O–H groups in total. The largest absolute Gasteiger partial charge is 0.347 e. The monoisotopic (exact) mass is 476 g/mol. The van der Waals surface area contributed by atoms with Gasteiger partial charge in [0.2, 0.25) is 0 Å². The third kappa shape index (κ3) is 4.45. The molecular weight excluding hydrogens is 449 g/mol. The van der Waals surface area contributed by atoms with Crippen molar-refractivity contribution in [3.63, 3.8) is 0 Å². The Balaban J connectivity index is 1.51. The minimum Gasteiger partial charge on any atom is -0.347 e. The number of fused-ring (bicyclic) bond motifs is 1. The van der Waals surface area contributed by atoms with Gasteiger partial charge in [-0.2, -0.15) is 0 Å². The lowest BCUT2D eigenvalue weighted by Crippen LogP contribution is -2.42. The van der Waals surface area contributed by atoms with Crippen LogP contribution in [0.25, 0.3) is 33.2 Å². The van der Waals surface area contributed by atoms with Crippen molar-refractivity contribution in [2.75, 3.05) is 13.1 Å². The Morgan fingerprint density at radius 2 is 1.51 bits per heavy atom. The van der Waals surface area contributed by atoms with Crippen LogP contribution >= 0.6 is 0 Å². The van der Waals surface area contributed by atoms with Gasteiger partial charge in [0.1, 0.15) is 5.82 Å². The molecule has 6 heteroatoms. The molecule has 0 unspecified atom stereocenters. The number of rotatable bonds is 4. The molecule has 0 atom stereocenters. The second kappa shape index (κ2) is 8.91. The van der Waals surface area contributed by atoms with Gasteiger partial charge in [0.25, 0.3) is 11.8 Å². The quantitative estimate of drug-likeness (QED) is 0.309. The minimum absolute atomic E-state index is 0.0685. The van der Waals surface area contributed by atoms with E-state index in [2.05, 4.69) is 29.7 Å². The van der Waals surface area contributed by atoms with Crippen molar-refractivity contribution < 1.29 is 18.0 Å². The Bertz CT molecular complexity index is 1380. The lowest BCUT2D eigenvalue weighted by atomic mass is 9.95. The maximum Gasteiger partial charge on any atom is 0.253 e. The summed E-state index contributed by atoms with van der Waals surface area (Å²) in [6.45, 7) is 2.25. The average molecular weight is 477 g/mol. The molecule has 3 aromatic carbocycles. The highest BCUT2D eigenvalue weighted by molar-refractivity contribution is 5.99. The first-order valence-corrected chi connectivity index (χ1v) is 11.9. The van der Waals surface area contributed by atoms with Gasteiger partial charge in [-0.3, -0.25) is 4.79 Å². The molecule has 5 rings (SSSR count). The van der Waals surface area contributed by atoms with Crippen molar-refractivity contribution in [3.8, 4) is 22.3 Å². The van der Waals surface area contributed by atoms with Crippen LogP contribution in [0, 0.1) is 5.82 Å². The summed E-state index contributed by atoms with van der Waals surface area (Å²) in [6.07, 6.45) is 0.308. The van der Waals surface area contributed by atoms with Gasteiger partial charge >= 0.3 is 0 Å². The molecule has 0 aliphatic carbocycles. The van der Waals surface area contributed by atoms with Crippen LogP contribution in [0.15, 0.2) is 66.7 Å². The van der Waals surface area contributed by atoms with Gasteiger partial charge in [-0.05, 0) is 65.6 Å². The molecule has 1 aliphatic heterocycles. The van der Waals surface area contributed by atoms with Crippen LogP contribution in [0.5, 0.6) is 0 Å². The van der Waals surface area contributed by atoms with Crippen LogP contribution in [0.3, 0.4) is 0 Å². The van der Waals surface area contributed by atoms with Crippen LogP contribution < -0.4 is 0 Å². The molecule has 0 spiro atoms. The third-order valence-corrected chi connectivity index (χ3v) is 6.99. The zero-order valence-electron chi connectivity index (χ0n) is 19.8. The Hall–Kier alpha value is -3.54. The average Bonchev–Trinajstić information content (AvgIpc) is 3.19. The number of hydrogen-bond acceptors (Lipinski definition) is 1. The number of carbonyl (C=O) groups excluding carboxylic acids is 1. The summed E-state index contributed by atoms with van der Waals surface area (Å²) in [5.74, 6) is -3.18. The Morgan fingerprint density at radius 1 is 0.886 bits per heavy atom. The summed E-state index contributed by atoms with van der Waals surface area (Å²) in [4.78, 5) is 14.3. The van der Waals surface area contributed by atoms with E-state index in [4.69, 9.17) is 0 Å². The number of halogens is 3. The highest BCUT2D eigenvalue weighted by Gasteiger charge is 2.35. The summed E-state index contributed by atoms with van der Waals surface area (Å²) in [6, 6.07) is 20.2. The molecule has 3 nitrogen and oxygen atoms in total. The molecule has 180 valence electrons. The number of carbonyl (C=O) groups is 1. The molecule has 1 aromatic heterocycles. The minimum atomic E-state index is -2.68. The Kier molecular flexibility index (Phi) is 5.91. The summed E-state index contributed by atoms with van der Waals surface area (Å²) in [5.41, 5.74) is 6.65. The van der Waals surface area contributed by atoms with E-state index in [1.54, 1.807) is 24.3 Å². The number of aromatic nitrogens is 1. The zero-order chi connectivity index (χ0) is 24.7. The Morgan fingerprint density at radius 3 is 2.14 bits per heavy atom. The van der Waals surface area contributed by atoms with E-state index in [9.17, 15) is 18.0 Å². The van der Waals surface area contributed by atoms with Crippen molar-refractivity contribution in [1.29, 1.82) is 0 Å². The van der Waals surface area contributed by atoms with Crippen LogP contribution in [-0.4, -0.2) is 34.4 Å². The number of hydrogen-bond donors (Lipinski definition) is 0. The highest BCUT2D eigenvalue weighted by Crippen LogP contribution is 2.36. The maximum absolute atomic E-state index is 13.6. The fourth-order valence-electron chi connectivity index (χ4n) is 4.94. The second-order valence-corrected chi connectivity index (χ2v) is 9.24. The van der Waals surface area contributed by atoms with E-state index >= 15 is 0 Å². The van der Waals surface area contributed by atoms with Gasteiger partial charge in [-0.1, -0.05) is 31.2 Å². The fraction of sp³-hybridized carbons (Fsp3) is 0.276. The number of amides is 1. The number of nitrogens with zero attached hydrogens (tertiary/aromatic N) is 2. The van der Waals surface area contributed by atoms with Crippen LogP contribution in [0.4, 0.5) is 13.2 Å². The van der Waals surface area contributed by atoms with Gasteiger partial charge in [0.05, 0.1) is 5.52 Å². The summed E-state index contributed by atoms with van der Waals surface area (Å²) < 4.78 is 42.7.